The predicted molar refractivity (Wildman–Crippen MR) is 79.6 cm³/mol. The Kier molecular flexibility index (Phi) is 6.32. The maximum Gasteiger partial charge on any atom is 0.393 e. The van der Waals surface area contributed by atoms with Crippen molar-refractivity contribution in [2.75, 3.05) is 24.8 Å². The molecule has 6 nitrogen and oxygen atoms in total. The van der Waals surface area contributed by atoms with Gasteiger partial charge in [-0.05, 0) is 23.8 Å². The summed E-state index contributed by atoms with van der Waals surface area (Å²) in [7, 11) is 3.18. The van der Waals surface area contributed by atoms with Crippen molar-refractivity contribution in [3.8, 4) is 0 Å². The van der Waals surface area contributed by atoms with Crippen molar-refractivity contribution >= 4 is 36.9 Å². The molecule has 20 heavy (non-hydrogen) atoms. The molecule has 1 aromatic rings. The first kappa shape index (κ1) is 15.8. The molecule has 0 unspecified atom stereocenters. The van der Waals surface area contributed by atoms with Crippen molar-refractivity contribution in [2.24, 2.45) is 0 Å². The highest BCUT2D eigenvalue weighted by molar-refractivity contribution is 6.33. The van der Waals surface area contributed by atoms with Crippen LogP contribution in [0, 0.1) is 0 Å². The molecule has 1 aromatic carbocycles. The van der Waals surface area contributed by atoms with Crippen LogP contribution in [-0.4, -0.2) is 33.7 Å². The lowest BCUT2D eigenvalue weighted by atomic mass is 10.1. The number of amides is 1. The zero-order valence-electron chi connectivity index (χ0n) is 11.7. The SMILES string of the molecule is COBNc1cc(/C=C/C(=O)OC)ccc1NC(C)=O. The zero-order chi connectivity index (χ0) is 15.0. The van der Waals surface area contributed by atoms with Crippen LogP contribution < -0.4 is 10.5 Å². The summed E-state index contributed by atoms with van der Waals surface area (Å²) in [5.74, 6) is -0.592. The summed E-state index contributed by atoms with van der Waals surface area (Å²) in [5, 5.41) is 5.74. The van der Waals surface area contributed by atoms with Gasteiger partial charge >= 0.3 is 13.6 Å². The van der Waals surface area contributed by atoms with Crippen LogP contribution in [0.15, 0.2) is 24.3 Å². The highest BCUT2D eigenvalue weighted by Crippen LogP contribution is 2.23. The van der Waals surface area contributed by atoms with E-state index in [1.54, 1.807) is 31.4 Å². The third-order valence-electron chi connectivity index (χ3n) is 2.37. The summed E-state index contributed by atoms with van der Waals surface area (Å²) in [6.07, 6.45) is 2.95. The molecular weight excluding hydrogens is 259 g/mol. The molecule has 0 aliphatic heterocycles. The third-order valence-corrected chi connectivity index (χ3v) is 2.37. The first-order valence-corrected chi connectivity index (χ1v) is 5.97. The van der Waals surface area contributed by atoms with Crippen LogP contribution >= 0.6 is 0 Å². The Morgan fingerprint density at radius 3 is 2.60 bits per heavy atom. The molecule has 0 heterocycles. The standard InChI is InChI=1S/C13H17BN2O4/c1-9(17)15-11-6-4-10(5-7-13(18)19-2)8-12(11)16-14-20-3/h4-8,14,16H,1-3H3,(H,15,17)/b7-5+. The second-order valence-electron chi connectivity index (χ2n) is 3.95. The number of ether oxygens (including phenoxy) is 1. The molecule has 0 aliphatic rings. The first-order chi connectivity index (χ1) is 9.56. The van der Waals surface area contributed by atoms with Gasteiger partial charge in [0.2, 0.25) is 5.91 Å². The van der Waals surface area contributed by atoms with E-state index in [-0.39, 0.29) is 5.91 Å². The molecule has 1 amide bonds. The molecule has 0 spiro atoms. The van der Waals surface area contributed by atoms with Crippen LogP contribution in [-0.2, 0) is 19.0 Å². The number of rotatable bonds is 6. The molecule has 0 aliphatic carbocycles. The quantitative estimate of drug-likeness (QED) is 0.463. The molecule has 2 N–H and O–H groups in total. The number of anilines is 2. The Morgan fingerprint density at radius 2 is 2.00 bits per heavy atom. The van der Waals surface area contributed by atoms with Crippen LogP contribution in [0.4, 0.5) is 11.4 Å². The lowest BCUT2D eigenvalue weighted by molar-refractivity contribution is -0.134. The molecule has 0 bridgehead atoms. The maximum absolute atomic E-state index is 11.1. The van der Waals surface area contributed by atoms with Crippen LogP contribution in [0.1, 0.15) is 12.5 Å². The smallest absolute Gasteiger partial charge is 0.393 e. The van der Waals surface area contributed by atoms with Gasteiger partial charge < -0.3 is 19.9 Å². The molecule has 0 radical (unpaired) electrons. The molecule has 7 heteroatoms. The number of hydrogen-bond donors (Lipinski definition) is 2. The number of nitrogens with one attached hydrogen (secondary N) is 2. The number of methoxy groups -OCH3 is 1. The third kappa shape index (κ3) is 5.15. The van der Waals surface area contributed by atoms with Crippen LogP contribution in [0.25, 0.3) is 6.08 Å². The lowest BCUT2D eigenvalue weighted by Crippen LogP contribution is -2.13. The van der Waals surface area contributed by atoms with E-state index >= 15 is 0 Å². The van der Waals surface area contributed by atoms with Gasteiger partial charge in [0, 0.05) is 25.8 Å². The van der Waals surface area contributed by atoms with Crippen molar-refractivity contribution < 1.29 is 19.0 Å². The van der Waals surface area contributed by atoms with Crippen molar-refractivity contribution in [3.05, 3.63) is 29.8 Å². The Morgan fingerprint density at radius 1 is 1.25 bits per heavy atom. The van der Waals surface area contributed by atoms with Crippen molar-refractivity contribution in [2.45, 2.75) is 6.92 Å². The van der Waals surface area contributed by atoms with Gasteiger partial charge in [0.25, 0.3) is 0 Å². The summed E-state index contributed by atoms with van der Waals surface area (Å²) in [6.45, 7) is 1.44. The average Bonchev–Trinajstić information content (AvgIpc) is 2.43. The van der Waals surface area contributed by atoms with Gasteiger partial charge in [-0.3, -0.25) is 4.79 Å². The predicted octanol–water partition coefficient (Wildman–Crippen LogP) is 1.16. The molecular formula is C13H17BN2O4. The molecule has 0 atom stereocenters. The topological polar surface area (TPSA) is 76.7 Å². The van der Waals surface area contributed by atoms with Crippen LogP contribution in [0.3, 0.4) is 0 Å². The van der Waals surface area contributed by atoms with Crippen LogP contribution in [0.5, 0.6) is 0 Å². The average molecular weight is 276 g/mol. The van der Waals surface area contributed by atoms with E-state index < -0.39 is 5.97 Å². The Bertz CT molecular complexity index is 517. The number of esters is 1. The van der Waals surface area contributed by atoms with Gasteiger partial charge in [-0.2, -0.15) is 0 Å². The van der Waals surface area contributed by atoms with E-state index in [1.807, 2.05) is 0 Å². The van der Waals surface area contributed by atoms with E-state index in [4.69, 9.17) is 4.65 Å². The molecule has 1 rings (SSSR count). The summed E-state index contributed by atoms with van der Waals surface area (Å²) < 4.78 is 9.47. The highest BCUT2D eigenvalue weighted by atomic mass is 16.5. The molecule has 106 valence electrons. The molecule has 0 fully saturated rings. The molecule has 0 saturated heterocycles. The van der Waals surface area contributed by atoms with Gasteiger partial charge in [-0.15, -0.1) is 0 Å². The molecule has 0 aromatic heterocycles. The molecule has 0 saturated carbocycles. The van der Waals surface area contributed by atoms with Crippen LogP contribution in [0.2, 0.25) is 0 Å². The zero-order valence-corrected chi connectivity index (χ0v) is 11.7. The van der Waals surface area contributed by atoms with Crippen molar-refractivity contribution in [3.63, 3.8) is 0 Å². The lowest BCUT2D eigenvalue weighted by Gasteiger charge is -2.12. The normalized spacial score (nSPS) is 10.2. The van der Waals surface area contributed by atoms with E-state index in [1.165, 1.54) is 20.1 Å². The van der Waals surface area contributed by atoms with E-state index in [0.29, 0.717) is 19.0 Å². The number of carbonyl (C=O) groups excluding carboxylic acids is 2. The number of hydrogen-bond acceptors (Lipinski definition) is 5. The Hall–Kier alpha value is -2.28. The summed E-state index contributed by atoms with van der Waals surface area (Å²) >= 11 is 0. The minimum absolute atomic E-state index is 0.164. The minimum atomic E-state index is -0.428. The highest BCUT2D eigenvalue weighted by Gasteiger charge is 2.05. The minimum Gasteiger partial charge on any atom is -0.466 e. The van der Waals surface area contributed by atoms with E-state index in [9.17, 15) is 9.59 Å². The monoisotopic (exact) mass is 276 g/mol. The van der Waals surface area contributed by atoms with Crippen molar-refractivity contribution in [1.29, 1.82) is 0 Å². The number of carbonyl (C=O) groups is 2. The summed E-state index contributed by atoms with van der Waals surface area (Å²) in [6, 6.07) is 5.32. The fraction of sp³-hybridized carbons (Fsp3) is 0.231. The van der Waals surface area contributed by atoms with Gasteiger partial charge in [0.15, 0.2) is 0 Å². The van der Waals surface area contributed by atoms with Gasteiger partial charge in [-0.1, -0.05) is 6.07 Å². The van der Waals surface area contributed by atoms with E-state index in [2.05, 4.69) is 15.3 Å². The van der Waals surface area contributed by atoms with Crippen molar-refractivity contribution in [1.82, 2.24) is 0 Å². The number of benzene rings is 1. The summed E-state index contributed by atoms with van der Waals surface area (Å²) in [5.41, 5.74) is 2.14. The fourth-order valence-electron chi connectivity index (χ4n) is 1.49. The van der Waals surface area contributed by atoms with E-state index in [0.717, 1.165) is 5.56 Å². The largest absolute Gasteiger partial charge is 0.466 e. The van der Waals surface area contributed by atoms with Gasteiger partial charge in [0.1, 0.15) is 0 Å². The summed E-state index contributed by atoms with van der Waals surface area (Å²) in [4.78, 5) is 22.2. The maximum atomic E-state index is 11.1. The van der Waals surface area contributed by atoms with Gasteiger partial charge in [0.05, 0.1) is 12.8 Å². The van der Waals surface area contributed by atoms with Gasteiger partial charge in [-0.25, -0.2) is 4.79 Å². The fourth-order valence-corrected chi connectivity index (χ4v) is 1.49. The first-order valence-electron chi connectivity index (χ1n) is 5.97. The second-order valence-corrected chi connectivity index (χ2v) is 3.95. The second kappa shape index (κ2) is 8.01. The Labute approximate surface area is 118 Å². The Balaban J connectivity index is 2.97.